The third-order valence-electron chi connectivity index (χ3n) is 3.48. The molecule has 0 spiro atoms. The molecule has 1 amide bonds. The number of amides is 1. The molecular formula is C15H18N2O2. The van der Waals surface area contributed by atoms with Crippen LogP contribution in [-0.2, 0) is 11.3 Å². The summed E-state index contributed by atoms with van der Waals surface area (Å²) < 4.78 is 5.33. The number of nitrogens with zero attached hydrogens (tertiary/aromatic N) is 2. The molecule has 0 N–H and O–H groups in total. The highest BCUT2D eigenvalue weighted by Gasteiger charge is 2.26. The fraction of sp³-hybridized carbons (Fsp3) is 0.467. The monoisotopic (exact) mass is 258 g/mol. The Labute approximate surface area is 113 Å². The topological polar surface area (TPSA) is 53.3 Å². The van der Waals surface area contributed by atoms with Crippen LogP contribution in [-0.4, -0.2) is 24.5 Å². The van der Waals surface area contributed by atoms with E-state index in [-0.39, 0.29) is 11.8 Å². The number of methoxy groups -OCH3 is 1. The number of hydrogen-bond donors (Lipinski definition) is 0. The second-order valence-electron chi connectivity index (χ2n) is 4.95. The predicted molar refractivity (Wildman–Crippen MR) is 71.5 cm³/mol. The van der Waals surface area contributed by atoms with Crippen molar-refractivity contribution in [2.75, 3.05) is 13.7 Å². The number of nitriles is 1. The minimum atomic E-state index is -0.0477. The Hall–Kier alpha value is -2.02. The van der Waals surface area contributed by atoms with E-state index in [1.807, 2.05) is 25.1 Å². The lowest BCUT2D eigenvalue weighted by molar-refractivity contribution is -0.134. The first kappa shape index (κ1) is 13.4. The number of ether oxygens (including phenoxy) is 1. The maximum absolute atomic E-state index is 11.9. The molecule has 4 nitrogen and oxygen atoms in total. The van der Waals surface area contributed by atoms with Crippen LogP contribution in [0.3, 0.4) is 0 Å². The predicted octanol–water partition coefficient (Wildman–Crippen LogP) is 2.27. The second-order valence-corrected chi connectivity index (χ2v) is 4.95. The van der Waals surface area contributed by atoms with Gasteiger partial charge in [-0.15, -0.1) is 0 Å². The summed E-state index contributed by atoms with van der Waals surface area (Å²) >= 11 is 0. The molecule has 4 heteroatoms. The van der Waals surface area contributed by atoms with E-state index >= 15 is 0 Å². The number of likely N-dealkylation sites (tertiary alicyclic amines) is 1. The van der Waals surface area contributed by atoms with E-state index < -0.39 is 0 Å². The summed E-state index contributed by atoms with van der Waals surface area (Å²) in [5.41, 5.74) is 2.13. The van der Waals surface area contributed by atoms with E-state index in [0.717, 1.165) is 16.9 Å². The number of carbonyl (C=O) groups is 1. The van der Waals surface area contributed by atoms with Crippen molar-refractivity contribution in [1.82, 2.24) is 4.90 Å². The van der Waals surface area contributed by atoms with Crippen molar-refractivity contribution < 1.29 is 9.53 Å². The molecule has 1 saturated heterocycles. The van der Waals surface area contributed by atoms with Gasteiger partial charge in [-0.2, -0.15) is 5.26 Å². The van der Waals surface area contributed by atoms with Gasteiger partial charge in [0, 0.05) is 25.1 Å². The van der Waals surface area contributed by atoms with E-state index in [1.165, 1.54) is 0 Å². The van der Waals surface area contributed by atoms with Gasteiger partial charge >= 0.3 is 0 Å². The van der Waals surface area contributed by atoms with Gasteiger partial charge in [0.2, 0.25) is 5.91 Å². The Balaban J connectivity index is 2.17. The van der Waals surface area contributed by atoms with E-state index in [2.05, 4.69) is 6.07 Å². The van der Waals surface area contributed by atoms with Gasteiger partial charge < -0.3 is 9.64 Å². The lowest BCUT2D eigenvalue weighted by Crippen LogP contribution is -2.39. The summed E-state index contributed by atoms with van der Waals surface area (Å²) in [5.74, 6) is 0.862. The van der Waals surface area contributed by atoms with Gasteiger partial charge in [0.05, 0.1) is 19.1 Å². The van der Waals surface area contributed by atoms with Gasteiger partial charge in [-0.25, -0.2) is 0 Å². The molecule has 100 valence electrons. The lowest BCUT2D eigenvalue weighted by atomic mass is 9.98. The molecule has 0 aromatic heterocycles. The van der Waals surface area contributed by atoms with E-state index in [0.29, 0.717) is 25.9 Å². The molecule has 2 rings (SSSR count). The zero-order valence-electron chi connectivity index (χ0n) is 11.3. The number of benzene rings is 1. The van der Waals surface area contributed by atoms with Crippen LogP contribution in [0.25, 0.3) is 0 Å². The third kappa shape index (κ3) is 3.05. The molecule has 0 radical (unpaired) electrons. The standard InChI is InChI=1S/C15H18N2O2/c1-11-3-5-14(19-2)13(7-11)10-17-9-12(8-16)4-6-15(17)18/h3,5,7,12H,4,6,9-10H2,1-2H3. The van der Waals surface area contributed by atoms with Crippen LogP contribution < -0.4 is 4.74 Å². The number of rotatable bonds is 3. The van der Waals surface area contributed by atoms with Crippen molar-refractivity contribution in [2.45, 2.75) is 26.3 Å². The second kappa shape index (κ2) is 5.75. The Kier molecular flexibility index (Phi) is 4.06. The van der Waals surface area contributed by atoms with Crippen LogP contribution in [0.1, 0.15) is 24.0 Å². The number of aryl methyl sites for hydroxylation is 1. The molecule has 1 aromatic rings. The number of carbonyl (C=O) groups excluding carboxylic acids is 1. The largest absolute Gasteiger partial charge is 0.496 e. The number of hydrogen-bond acceptors (Lipinski definition) is 3. The first-order valence-corrected chi connectivity index (χ1v) is 6.45. The average molecular weight is 258 g/mol. The van der Waals surface area contributed by atoms with Crippen molar-refractivity contribution in [3.63, 3.8) is 0 Å². The summed E-state index contributed by atoms with van der Waals surface area (Å²) in [6, 6.07) is 8.19. The molecular weight excluding hydrogens is 240 g/mol. The maximum Gasteiger partial charge on any atom is 0.222 e. The van der Waals surface area contributed by atoms with Gasteiger partial charge in [-0.05, 0) is 19.4 Å². The first-order chi connectivity index (χ1) is 9.13. The molecule has 0 aliphatic carbocycles. The van der Waals surface area contributed by atoms with Crippen LogP contribution in [0.4, 0.5) is 0 Å². The lowest BCUT2D eigenvalue weighted by Gasteiger charge is -2.30. The van der Waals surface area contributed by atoms with Gasteiger partial charge in [0.25, 0.3) is 0 Å². The zero-order chi connectivity index (χ0) is 13.8. The quantitative estimate of drug-likeness (QED) is 0.835. The van der Waals surface area contributed by atoms with Crippen LogP contribution in [0.15, 0.2) is 18.2 Å². The minimum Gasteiger partial charge on any atom is -0.496 e. The van der Waals surface area contributed by atoms with Gasteiger partial charge in [0.15, 0.2) is 0 Å². The van der Waals surface area contributed by atoms with E-state index in [9.17, 15) is 4.79 Å². The molecule has 1 fully saturated rings. The summed E-state index contributed by atoms with van der Waals surface area (Å²) in [4.78, 5) is 13.7. The van der Waals surface area contributed by atoms with Crippen LogP contribution in [0, 0.1) is 24.2 Å². The first-order valence-electron chi connectivity index (χ1n) is 6.45. The highest BCUT2D eigenvalue weighted by molar-refractivity contribution is 5.77. The zero-order valence-corrected chi connectivity index (χ0v) is 11.3. The van der Waals surface area contributed by atoms with Crippen LogP contribution in [0.2, 0.25) is 0 Å². The molecule has 1 unspecified atom stereocenters. The molecule has 0 bridgehead atoms. The van der Waals surface area contributed by atoms with Crippen molar-refractivity contribution in [2.24, 2.45) is 5.92 Å². The third-order valence-corrected chi connectivity index (χ3v) is 3.48. The van der Waals surface area contributed by atoms with Crippen LogP contribution in [0.5, 0.6) is 5.75 Å². The summed E-state index contributed by atoms with van der Waals surface area (Å²) in [6.07, 6.45) is 1.14. The van der Waals surface area contributed by atoms with Gasteiger partial charge in [-0.1, -0.05) is 17.7 Å². The Morgan fingerprint density at radius 1 is 1.53 bits per heavy atom. The van der Waals surface area contributed by atoms with E-state index in [1.54, 1.807) is 12.0 Å². The molecule has 1 atom stereocenters. The van der Waals surface area contributed by atoms with Crippen molar-refractivity contribution >= 4 is 5.91 Å². The Bertz CT molecular complexity index is 519. The van der Waals surface area contributed by atoms with Gasteiger partial charge in [-0.3, -0.25) is 4.79 Å². The highest BCUT2D eigenvalue weighted by Crippen LogP contribution is 2.24. The van der Waals surface area contributed by atoms with Crippen molar-refractivity contribution in [1.29, 1.82) is 5.26 Å². The molecule has 1 aromatic carbocycles. The molecule has 1 heterocycles. The fourth-order valence-corrected chi connectivity index (χ4v) is 2.41. The Morgan fingerprint density at radius 2 is 2.32 bits per heavy atom. The minimum absolute atomic E-state index is 0.0477. The van der Waals surface area contributed by atoms with Crippen molar-refractivity contribution in [3.05, 3.63) is 29.3 Å². The normalized spacial score (nSPS) is 19.1. The maximum atomic E-state index is 11.9. The van der Waals surface area contributed by atoms with Crippen LogP contribution >= 0.6 is 0 Å². The summed E-state index contributed by atoms with van der Waals surface area (Å²) in [6.45, 7) is 3.05. The molecule has 19 heavy (non-hydrogen) atoms. The van der Waals surface area contributed by atoms with Gasteiger partial charge in [0.1, 0.15) is 5.75 Å². The molecule has 1 aliphatic heterocycles. The average Bonchev–Trinajstić information content (AvgIpc) is 2.41. The molecule has 0 saturated carbocycles. The fourth-order valence-electron chi connectivity index (χ4n) is 2.41. The van der Waals surface area contributed by atoms with E-state index in [4.69, 9.17) is 10.00 Å². The number of piperidine rings is 1. The smallest absolute Gasteiger partial charge is 0.222 e. The summed E-state index contributed by atoms with van der Waals surface area (Å²) in [7, 11) is 1.63. The SMILES string of the molecule is COc1ccc(C)cc1CN1CC(C#N)CCC1=O. The molecule has 1 aliphatic rings. The van der Waals surface area contributed by atoms with Crippen molar-refractivity contribution in [3.8, 4) is 11.8 Å². The highest BCUT2D eigenvalue weighted by atomic mass is 16.5. The Morgan fingerprint density at radius 3 is 3.00 bits per heavy atom. The summed E-state index contributed by atoms with van der Waals surface area (Å²) in [5, 5.41) is 8.99.